The van der Waals surface area contributed by atoms with Crippen molar-refractivity contribution in [3.05, 3.63) is 241 Å². The third-order valence-corrected chi connectivity index (χ3v) is 13.4. The predicted molar refractivity (Wildman–Crippen MR) is 374 cm³/mol. The molecule has 12 aromatic rings. The van der Waals surface area contributed by atoms with Gasteiger partial charge in [0.2, 0.25) is 0 Å². The van der Waals surface area contributed by atoms with Crippen LogP contribution in [0.3, 0.4) is 0 Å². The fraction of sp³-hybridized carbons (Fsp3) is 0.268. The fourth-order valence-corrected chi connectivity index (χ4v) is 10.6. The molecule has 2 aliphatic rings. The monoisotopic (exact) mass is 1260 g/mol. The summed E-state index contributed by atoms with van der Waals surface area (Å²) in [6.07, 6.45) is 1.95. The van der Waals surface area contributed by atoms with E-state index >= 15 is 0 Å². The van der Waals surface area contributed by atoms with Gasteiger partial charge in [-0.3, -0.25) is 0 Å². The zero-order valence-electron chi connectivity index (χ0n) is 55.0. The van der Waals surface area contributed by atoms with Crippen LogP contribution in [0.5, 0.6) is 0 Å². The van der Waals surface area contributed by atoms with Gasteiger partial charge >= 0.3 is 0 Å². The molecular weight excluding hydrogens is 1160 g/mol. The summed E-state index contributed by atoms with van der Waals surface area (Å²) in [5, 5.41) is 15.1. The number of fused-ring (bicyclic) bond motifs is 16. The Balaban J connectivity index is 0.000000638. The molecular formula is C82H96Y2-4. The minimum Gasteiger partial charge on any atom is -0.218 e. The summed E-state index contributed by atoms with van der Waals surface area (Å²) in [5.74, 6) is 0. The first-order chi connectivity index (χ1) is 40.7. The summed E-state index contributed by atoms with van der Waals surface area (Å²) in [4.78, 5) is 0. The first-order valence-electron chi connectivity index (χ1n) is 31.5. The third kappa shape index (κ3) is 16.7. The van der Waals surface area contributed by atoms with Gasteiger partial charge in [0.15, 0.2) is 0 Å². The Kier molecular flexibility index (Phi) is 37.7. The summed E-state index contributed by atoms with van der Waals surface area (Å²) in [6.45, 7) is 40.0. The average Bonchev–Trinajstić information content (AvgIpc) is 1.89. The van der Waals surface area contributed by atoms with Gasteiger partial charge in [0.25, 0.3) is 0 Å². The van der Waals surface area contributed by atoms with Crippen LogP contribution in [0.15, 0.2) is 194 Å². The molecule has 0 amide bonds. The Morgan fingerprint density at radius 3 is 1.12 bits per heavy atom. The molecule has 0 N–H and O–H groups in total. The molecule has 0 saturated heterocycles. The molecule has 2 heteroatoms. The number of benzene rings is 12. The second-order valence-corrected chi connectivity index (χ2v) is 16.7. The third-order valence-electron chi connectivity index (χ3n) is 13.4. The maximum Gasteiger partial charge on any atom is 0 e. The quantitative estimate of drug-likeness (QED) is 0.120. The van der Waals surface area contributed by atoms with Gasteiger partial charge in [0, 0.05) is 65.4 Å². The van der Waals surface area contributed by atoms with Crippen LogP contribution in [-0.2, 0) is 78.3 Å². The van der Waals surface area contributed by atoms with Crippen LogP contribution in [0, 0.1) is 24.3 Å². The van der Waals surface area contributed by atoms with E-state index < -0.39 is 0 Å². The predicted octanol–water partition coefficient (Wildman–Crippen LogP) is 26.2. The summed E-state index contributed by atoms with van der Waals surface area (Å²) in [7, 11) is 0. The van der Waals surface area contributed by atoms with E-state index in [0.29, 0.717) is 0 Å². The van der Waals surface area contributed by atoms with Gasteiger partial charge in [-0.15, -0.1) is 68.0 Å². The van der Waals surface area contributed by atoms with E-state index in [1.54, 1.807) is 0 Å². The van der Waals surface area contributed by atoms with Crippen molar-refractivity contribution in [3.63, 3.8) is 0 Å². The molecule has 14 rings (SSSR count). The van der Waals surface area contributed by atoms with Crippen LogP contribution in [0.1, 0.15) is 161 Å². The first kappa shape index (κ1) is 76.4. The van der Waals surface area contributed by atoms with E-state index in [4.69, 9.17) is 0 Å². The molecule has 84 heavy (non-hydrogen) atoms. The molecule has 0 unspecified atom stereocenters. The Morgan fingerprint density at radius 2 is 0.619 bits per heavy atom. The van der Waals surface area contributed by atoms with Crippen LogP contribution in [0.2, 0.25) is 0 Å². The molecule has 0 heterocycles. The Bertz CT molecular complexity index is 3820. The fourth-order valence-electron chi connectivity index (χ4n) is 10.6. The van der Waals surface area contributed by atoms with E-state index in [2.05, 4.69) is 212 Å². The van der Waals surface area contributed by atoms with Crippen LogP contribution >= 0.6 is 0 Å². The van der Waals surface area contributed by atoms with Crippen molar-refractivity contribution in [2.75, 3.05) is 0 Å². The molecule has 0 aromatic heterocycles. The van der Waals surface area contributed by atoms with Crippen LogP contribution in [0.25, 0.3) is 109 Å². The SMILES string of the molecule is CC.CC.CC.CC.CC.CC.CC.CC.CC.CC.[Y].[Y].[c-]1ccc2ccc3c(c2c1-c1[c-]c2ccc4ccccc4c2cc1)Cc1ccccc1-3.[c-]1ccc2ccc3c(c2c1-c1[c-]ccc2ccc4ccccc4c12)Cc1ccccc1-3. The number of hydrogen-bond acceptors (Lipinski definition) is 0. The minimum absolute atomic E-state index is 0. The molecule has 0 aliphatic heterocycles. The molecule has 0 saturated carbocycles. The molecule has 0 spiro atoms. The maximum atomic E-state index is 3.71. The number of rotatable bonds is 2. The summed E-state index contributed by atoms with van der Waals surface area (Å²) >= 11 is 0. The Labute approximate surface area is 561 Å². The van der Waals surface area contributed by atoms with Crippen LogP contribution < -0.4 is 0 Å². The second kappa shape index (κ2) is 41.5. The van der Waals surface area contributed by atoms with Gasteiger partial charge in [-0.05, 0) is 62.4 Å². The maximum absolute atomic E-state index is 3.71. The topological polar surface area (TPSA) is 0 Å². The molecule has 0 nitrogen and oxygen atoms in total. The Hall–Kier alpha value is -5.59. The van der Waals surface area contributed by atoms with Crippen molar-refractivity contribution in [1.82, 2.24) is 0 Å². The van der Waals surface area contributed by atoms with Gasteiger partial charge < -0.3 is 0 Å². The molecule has 2 radical (unpaired) electrons. The first-order valence-corrected chi connectivity index (χ1v) is 31.5. The molecule has 0 atom stereocenters. The summed E-state index contributed by atoms with van der Waals surface area (Å²) < 4.78 is 0. The van der Waals surface area contributed by atoms with Crippen molar-refractivity contribution in [2.45, 2.75) is 151 Å². The largest absolute Gasteiger partial charge is 0.218 e. The molecule has 434 valence electrons. The zero-order chi connectivity index (χ0) is 60.7. The van der Waals surface area contributed by atoms with Crippen molar-refractivity contribution in [1.29, 1.82) is 0 Å². The van der Waals surface area contributed by atoms with Gasteiger partial charge in [0.1, 0.15) is 0 Å². The normalized spacial score (nSPS) is 9.86. The molecule has 2 aliphatic carbocycles. The van der Waals surface area contributed by atoms with Crippen molar-refractivity contribution >= 4 is 64.6 Å². The van der Waals surface area contributed by atoms with Gasteiger partial charge in [-0.25, -0.2) is 16.7 Å². The van der Waals surface area contributed by atoms with Gasteiger partial charge in [0.05, 0.1) is 0 Å². The second-order valence-electron chi connectivity index (χ2n) is 16.7. The van der Waals surface area contributed by atoms with E-state index in [1.165, 1.54) is 104 Å². The van der Waals surface area contributed by atoms with E-state index in [-0.39, 0.29) is 65.4 Å². The summed E-state index contributed by atoms with van der Waals surface area (Å²) in [5.41, 5.74) is 15.6. The Morgan fingerprint density at radius 1 is 0.262 bits per heavy atom. The minimum atomic E-state index is 0. The van der Waals surface area contributed by atoms with Crippen molar-refractivity contribution in [3.8, 4) is 44.5 Å². The van der Waals surface area contributed by atoms with Crippen molar-refractivity contribution < 1.29 is 65.4 Å². The number of hydrogen-bond donors (Lipinski definition) is 0. The van der Waals surface area contributed by atoms with Gasteiger partial charge in [-0.2, -0.15) is 54.1 Å². The molecule has 0 fully saturated rings. The smallest absolute Gasteiger partial charge is 0 e. The van der Waals surface area contributed by atoms with E-state index in [9.17, 15) is 0 Å². The molecule has 0 bridgehead atoms. The molecule has 12 aromatic carbocycles. The van der Waals surface area contributed by atoms with E-state index in [0.717, 1.165) is 40.5 Å². The van der Waals surface area contributed by atoms with Crippen LogP contribution in [-0.4, -0.2) is 0 Å². The standard InChI is InChI=1S/2C31H18.10C2H6.2Y/c1-4-12-25-20(7-1)15-16-21-9-5-13-27(30(21)25)28-14-6-10-22-17-18-26-24-11-3-2-8-23(24)19-29(26)31(22)28;1-3-9-25-20(6-1)12-13-23-18-24(15-16-27(23)25)28-11-5-8-21-14-17-29-26-10-4-2-7-22(26)19-30(29)31(21)28;10*1-2;;/h1-12,15-18H,19H2;1-10,12-17H,19H2;10*1-2H3;;/q2*-2;;;;;;;;;;;;. The van der Waals surface area contributed by atoms with Crippen LogP contribution in [0.4, 0.5) is 0 Å². The average molecular weight is 1260 g/mol. The van der Waals surface area contributed by atoms with Gasteiger partial charge in [-0.1, -0.05) is 300 Å². The van der Waals surface area contributed by atoms with E-state index in [1.807, 2.05) is 145 Å². The zero-order valence-corrected chi connectivity index (χ0v) is 60.7. The van der Waals surface area contributed by atoms with Crippen molar-refractivity contribution in [2.24, 2.45) is 0 Å². The summed E-state index contributed by atoms with van der Waals surface area (Å²) in [6, 6.07) is 84.3.